The smallest absolute Gasteiger partial charge is 0.337 e. The van der Waals surface area contributed by atoms with Crippen molar-refractivity contribution < 1.29 is 17.7 Å². The van der Waals surface area contributed by atoms with Gasteiger partial charge in [0, 0.05) is 5.02 Å². The summed E-state index contributed by atoms with van der Waals surface area (Å²) < 4.78 is 42.7. The predicted molar refractivity (Wildman–Crippen MR) is 69.4 cm³/mol. The molecule has 0 saturated heterocycles. The number of benzene rings is 1. The van der Waals surface area contributed by atoms with Crippen LogP contribution in [0.1, 0.15) is 11.7 Å². The Morgan fingerprint density at radius 1 is 1.32 bits per heavy atom. The number of fused-ring (bicyclic) bond motifs is 1. The Bertz CT molecular complexity index is 903. The van der Waals surface area contributed by atoms with E-state index in [0.29, 0.717) is 10.5 Å². The van der Waals surface area contributed by atoms with E-state index in [1.807, 2.05) is 0 Å². The van der Waals surface area contributed by atoms with Crippen LogP contribution in [0.15, 0.2) is 33.8 Å². The number of halogens is 4. The van der Waals surface area contributed by atoms with Crippen LogP contribution in [-0.4, -0.2) is 19.7 Å². The highest BCUT2D eigenvalue weighted by Crippen LogP contribution is 2.26. The first-order valence-electron chi connectivity index (χ1n) is 5.89. The van der Waals surface area contributed by atoms with Gasteiger partial charge in [0.1, 0.15) is 6.54 Å². The third-order valence-corrected chi connectivity index (χ3v) is 3.05. The van der Waals surface area contributed by atoms with Crippen LogP contribution >= 0.6 is 11.6 Å². The number of hydrogen-bond acceptors (Lipinski definition) is 5. The fourth-order valence-electron chi connectivity index (χ4n) is 1.82. The van der Waals surface area contributed by atoms with Crippen molar-refractivity contribution in [3.8, 4) is 0 Å². The van der Waals surface area contributed by atoms with Gasteiger partial charge in [0.05, 0.1) is 17.2 Å². The van der Waals surface area contributed by atoms with Crippen LogP contribution in [-0.2, 0) is 12.7 Å². The van der Waals surface area contributed by atoms with E-state index in [1.165, 1.54) is 24.5 Å². The third kappa shape index (κ3) is 2.67. The molecule has 6 nitrogen and oxygen atoms in total. The molecule has 1 aromatic carbocycles. The minimum Gasteiger partial charge on any atom is -0.337 e. The summed E-state index contributed by atoms with van der Waals surface area (Å²) in [6.45, 7) is -0.312. The van der Waals surface area contributed by atoms with Gasteiger partial charge in [0.2, 0.25) is 5.89 Å². The molecule has 114 valence electrons. The van der Waals surface area contributed by atoms with E-state index in [4.69, 9.17) is 11.6 Å². The van der Waals surface area contributed by atoms with Gasteiger partial charge in [-0.15, -0.1) is 0 Å². The zero-order valence-electron chi connectivity index (χ0n) is 10.6. The first kappa shape index (κ1) is 14.5. The van der Waals surface area contributed by atoms with E-state index >= 15 is 0 Å². The van der Waals surface area contributed by atoms with Crippen molar-refractivity contribution >= 4 is 22.5 Å². The minimum atomic E-state index is -4.70. The molecule has 0 bridgehead atoms. The number of rotatable bonds is 2. The van der Waals surface area contributed by atoms with Crippen LogP contribution in [0, 0.1) is 0 Å². The van der Waals surface area contributed by atoms with E-state index in [1.54, 1.807) is 0 Å². The van der Waals surface area contributed by atoms with Gasteiger partial charge >= 0.3 is 6.18 Å². The second-order valence-corrected chi connectivity index (χ2v) is 4.79. The lowest BCUT2D eigenvalue weighted by Gasteiger charge is -2.03. The summed E-state index contributed by atoms with van der Waals surface area (Å²) in [6, 6.07) is 4.52. The zero-order chi connectivity index (χ0) is 15.9. The topological polar surface area (TPSA) is 73.8 Å². The minimum absolute atomic E-state index is 0.280. The summed E-state index contributed by atoms with van der Waals surface area (Å²) in [7, 11) is 0. The molecular weight excluding hydrogens is 325 g/mol. The molecule has 2 aromatic heterocycles. The molecule has 0 aliphatic heterocycles. The summed E-state index contributed by atoms with van der Waals surface area (Å²) in [5.74, 6) is -1.74. The molecule has 0 atom stereocenters. The highest BCUT2D eigenvalue weighted by molar-refractivity contribution is 6.31. The summed E-state index contributed by atoms with van der Waals surface area (Å²) in [6.07, 6.45) is -3.52. The van der Waals surface area contributed by atoms with Crippen molar-refractivity contribution in [2.24, 2.45) is 0 Å². The summed E-state index contributed by atoms with van der Waals surface area (Å²) >= 11 is 5.80. The van der Waals surface area contributed by atoms with E-state index in [9.17, 15) is 18.0 Å². The predicted octanol–water partition coefficient (Wildman–Crippen LogP) is 2.50. The average molecular weight is 331 g/mol. The molecule has 0 saturated carbocycles. The van der Waals surface area contributed by atoms with Crippen molar-refractivity contribution in [1.82, 2.24) is 19.7 Å². The Morgan fingerprint density at radius 2 is 2.09 bits per heavy atom. The molecule has 0 spiro atoms. The highest BCUT2D eigenvalue weighted by atomic mass is 35.5. The van der Waals surface area contributed by atoms with Crippen LogP contribution in [0.3, 0.4) is 0 Å². The Kier molecular flexibility index (Phi) is 3.36. The van der Waals surface area contributed by atoms with E-state index in [-0.39, 0.29) is 17.8 Å². The van der Waals surface area contributed by atoms with Gasteiger partial charge in [-0.3, -0.25) is 9.36 Å². The summed E-state index contributed by atoms with van der Waals surface area (Å²) in [4.78, 5) is 19.4. The van der Waals surface area contributed by atoms with E-state index < -0.39 is 17.6 Å². The van der Waals surface area contributed by atoms with Crippen molar-refractivity contribution in [3.63, 3.8) is 0 Å². The standard InChI is InChI=1S/C12H6ClF3N4O2/c13-6-1-2-7-8(3-6)17-5-20(10(7)21)4-9-18-11(19-22-9)12(14,15)16/h1-3,5H,4H2. The van der Waals surface area contributed by atoms with Gasteiger partial charge in [-0.25, -0.2) is 4.98 Å². The molecule has 0 amide bonds. The fraction of sp³-hybridized carbons (Fsp3) is 0.167. The molecule has 0 N–H and O–H groups in total. The van der Waals surface area contributed by atoms with Crippen molar-refractivity contribution in [3.05, 3.63) is 51.6 Å². The van der Waals surface area contributed by atoms with Crippen molar-refractivity contribution in [2.75, 3.05) is 0 Å². The molecule has 3 aromatic rings. The molecule has 10 heteroatoms. The number of aromatic nitrogens is 4. The Labute approximate surface area is 125 Å². The lowest BCUT2D eigenvalue weighted by atomic mass is 10.2. The van der Waals surface area contributed by atoms with Gasteiger partial charge in [0.15, 0.2) is 0 Å². The largest absolute Gasteiger partial charge is 0.455 e. The maximum atomic E-state index is 12.4. The monoisotopic (exact) mass is 330 g/mol. The quantitative estimate of drug-likeness (QED) is 0.721. The van der Waals surface area contributed by atoms with Gasteiger partial charge in [0.25, 0.3) is 11.4 Å². The van der Waals surface area contributed by atoms with Crippen molar-refractivity contribution in [1.29, 1.82) is 0 Å². The van der Waals surface area contributed by atoms with Crippen LogP contribution < -0.4 is 5.56 Å². The second-order valence-electron chi connectivity index (χ2n) is 4.35. The van der Waals surface area contributed by atoms with E-state index in [0.717, 1.165) is 4.57 Å². The fourth-order valence-corrected chi connectivity index (χ4v) is 1.99. The van der Waals surface area contributed by atoms with Crippen LogP contribution in [0.5, 0.6) is 0 Å². The lowest BCUT2D eigenvalue weighted by Crippen LogP contribution is -2.21. The van der Waals surface area contributed by atoms with Crippen molar-refractivity contribution in [2.45, 2.75) is 12.7 Å². The molecule has 0 aliphatic rings. The molecular formula is C12H6ClF3N4O2. The van der Waals surface area contributed by atoms with Crippen LogP contribution in [0.25, 0.3) is 10.9 Å². The van der Waals surface area contributed by atoms with Gasteiger partial charge in [-0.1, -0.05) is 16.8 Å². The Morgan fingerprint density at radius 3 is 2.77 bits per heavy atom. The third-order valence-electron chi connectivity index (χ3n) is 2.81. The number of alkyl halides is 3. The van der Waals surface area contributed by atoms with E-state index in [2.05, 4.69) is 19.6 Å². The maximum Gasteiger partial charge on any atom is 0.455 e. The molecule has 2 heterocycles. The Balaban J connectivity index is 1.98. The lowest BCUT2D eigenvalue weighted by molar-refractivity contribution is -0.146. The van der Waals surface area contributed by atoms with Gasteiger partial charge in [-0.2, -0.15) is 18.2 Å². The first-order valence-corrected chi connectivity index (χ1v) is 6.27. The maximum absolute atomic E-state index is 12.4. The van der Waals surface area contributed by atoms with Gasteiger partial charge < -0.3 is 4.52 Å². The van der Waals surface area contributed by atoms with Gasteiger partial charge in [-0.05, 0) is 18.2 Å². The molecule has 0 radical (unpaired) electrons. The average Bonchev–Trinajstić information content (AvgIpc) is 2.90. The zero-order valence-corrected chi connectivity index (χ0v) is 11.4. The second kappa shape index (κ2) is 5.09. The normalized spacial score (nSPS) is 12.0. The molecule has 0 fully saturated rings. The van der Waals surface area contributed by atoms with Crippen LogP contribution in [0.4, 0.5) is 13.2 Å². The molecule has 22 heavy (non-hydrogen) atoms. The first-order chi connectivity index (χ1) is 10.3. The molecule has 0 aliphatic carbocycles. The van der Waals surface area contributed by atoms with Crippen LogP contribution in [0.2, 0.25) is 5.02 Å². The molecule has 3 rings (SSSR count). The SMILES string of the molecule is O=c1c2ccc(Cl)cc2ncn1Cc1nc(C(F)(F)F)no1. The summed E-state index contributed by atoms with van der Waals surface area (Å²) in [5, 5.41) is 3.52. The summed E-state index contributed by atoms with van der Waals surface area (Å²) in [5.41, 5.74) is -0.0660. The highest BCUT2D eigenvalue weighted by Gasteiger charge is 2.37. The Hall–Kier alpha value is -2.42. The number of hydrogen-bond donors (Lipinski definition) is 0. The number of nitrogens with zero attached hydrogens (tertiary/aromatic N) is 4. The molecule has 0 unspecified atom stereocenters.